The van der Waals surface area contributed by atoms with Gasteiger partial charge in [-0.15, -0.1) is 0 Å². The summed E-state index contributed by atoms with van der Waals surface area (Å²) in [6, 6.07) is 16.5. The fraction of sp³-hybridized carbons (Fsp3) is 0.250. The minimum absolute atomic E-state index is 0.131. The van der Waals surface area contributed by atoms with Gasteiger partial charge in [0.2, 0.25) is 10.0 Å². The van der Waals surface area contributed by atoms with Gasteiger partial charge in [-0.25, -0.2) is 21.6 Å². The Morgan fingerprint density at radius 3 is 1.91 bits per heavy atom. The van der Waals surface area contributed by atoms with Crippen LogP contribution in [0.4, 0.5) is 0 Å². The summed E-state index contributed by atoms with van der Waals surface area (Å²) < 4.78 is 51.0. The van der Waals surface area contributed by atoms with Crippen molar-refractivity contribution in [1.82, 2.24) is 4.72 Å². The molecule has 5 nitrogen and oxygen atoms in total. The topological polar surface area (TPSA) is 80.3 Å². The fourth-order valence-corrected chi connectivity index (χ4v) is 5.46. The van der Waals surface area contributed by atoms with E-state index in [2.05, 4.69) is 4.72 Å². The van der Waals surface area contributed by atoms with Crippen LogP contribution in [0, 0.1) is 0 Å². The van der Waals surface area contributed by atoms with Crippen LogP contribution in [-0.2, 0) is 19.9 Å². The van der Waals surface area contributed by atoms with E-state index in [0.717, 1.165) is 5.56 Å². The first kappa shape index (κ1) is 17.7. The van der Waals surface area contributed by atoms with Crippen molar-refractivity contribution in [3.63, 3.8) is 0 Å². The van der Waals surface area contributed by atoms with E-state index in [1.807, 2.05) is 30.3 Å². The third-order valence-electron chi connectivity index (χ3n) is 3.38. The predicted molar refractivity (Wildman–Crippen MR) is 90.3 cm³/mol. The molecule has 23 heavy (non-hydrogen) atoms. The molecule has 124 valence electrons. The Labute approximate surface area is 137 Å². The van der Waals surface area contributed by atoms with Gasteiger partial charge in [-0.2, -0.15) is 0 Å². The Hall–Kier alpha value is -1.70. The lowest BCUT2D eigenvalue weighted by atomic mass is 10.1. The van der Waals surface area contributed by atoms with Crippen molar-refractivity contribution >= 4 is 19.9 Å². The maximum atomic E-state index is 12.1. The Morgan fingerprint density at radius 2 is 1.35 bits per heavy atom. The molecular weight excluding hydrogens is 334 g/mol. The van der Waals surface area contributed by atoms with Gasteiger partial charge in [-0.1, -0.05) is 48.5 Å². The summed E-state index contributed by atoms with van der Waals surface area (Å²) in [7, 11) is -7.31. The molecule has 1 N–H and O–H groups in total. The zero-order valence-corrected chi connectivity index (χ0v) is 14.3. The van der Waals surface area contributed by atoms with Crippen molar-refractivity contribution in [1.29, 1.82) is 0 Å². The molecule has 0 radical (unpaired) electrons. The summed E-state index contributed by atoms with van der Waals surface area (Å²) in [4.78, 5) is 0.131. The van der Waals surface area contributed by atoms with Gasteiger partial charge in [-0.3, -0.25) is 0 Å². The van der Waals surface area contributed by atoms with Crippen LogP contribution < -0.4 is 4.72 Å². The highest BCUT2D eigenvalue weighted by Crippen LogP contribution is 2.14. The van der Waals surface area contributed by atoms with Gasteiger partial charge in [-0.05, 0) is 24.6 Å². The summed E-state index contributed by atoms with van der Waals surface area (Å²) in [5, 5.41) is 0. The van der Waals surface area contributed by atoms with Gasteiger partial charge in [0.1, 0.15) is 0 Å². The summed E-state index contributed by atoms with van der Waals surface area (Å²) >= 11 is 0. The van der Waals surface area contributed by atoms with E-state index in [1.165, 1.54) is 12.1 Å². The van der Waals surface area contributed by atoms with E-state index in [-0.39, 0.29) is 4.90 Å². The lowest BCUT2D eigenvalue weighted by molar-refractivity contribution is 0.565. The molecule has 0 amide bonds. The minimum atomic E-state index is -3.70. The molecular formula is C16H19NO4S2. The Balaban J connectivity index is 2.02. The second-order valence-electron chi connectivity index (χ2n) is 5.20. The van der Waals surface area contributed by atoms with E-state index in [1.54, 1.807) is 25.1 Å². The molecule has 0 unspecified atom stereocenters. The molecule has 0 spiro atoms. The predicted octanol–water partition coefficient (Wildman–Crippen LogP) is 2.14. The van der Waals surface area contributed by atoms with Crippen molar-refractivity contribution in [2.24, 2.45) is 0 Å². The third kappa shape index (κ3) is 5.16. The SMILES string of the molecule is C[C@H](NS(=O)(=O)CCS(=O)(=O)c1ccccc1)c1ccccc1. The van der Waals surface area contributed by atoms with E-state index in [0.29, 0.717) is 0 Å². The molecule has 7 heteroatoms. The van der Waals surface area contributed by atoms with Gasteiger partial charge >= 0.3 is 0 Å². The number of nitrogens with one attached hydrogen (secondary N) is 1. The normalized spacial score (nSPS) is 13.6. The second kappa shape index (κ2) is 7.25. The lowest BCUT2D eigenvalue weighted by Crippen LogP contribution is -2.31. The Kier molecular flexibility index (Phi) is 5.56. The van der Waals surface area contributed by atoms with E-state index in [9.17, 15) is 16.8 Å². The molecule has 2 aromatic carbocycles. The largest absolute Gasteiger partial charge is 0.224 e. The first-order valence-corrected chi connectivity index (χ1v) is 10.4. The third-order valence-corrected chi connectivity index (χ3v) is 6.82. The van der Waals surface area contributed by atoms with Crippen LogP contribution in [-0.4, -0.2) is 28.3 Å². The zero-order chi connectivity index (χ0) is 16.9. The van der Waals surface area contributed by atoms with E-state index < -0.39 is 37.4 Å². The summed E-state index contributed by atoms with van der Waals surface area (Å²) in [6.45, 7) is 1.72. The zero-order valence-electron chi connectivity index (χ0n) is 12.7. The van der Waals surface area contributed by atoms with Crippen LogP contribution in [0.5, 0.6) is 0 Å². The lowest BCUT2D eigenvalue weighted by Gasteiger charge is -2.14. The quantitative estimate of drug-likeness (QED) is 0.827. The van der Waals surface area contributed by atoms with Crippen molar-refractivity contribution < 1.29 is 16.8 Å². The van der Waals surface area contributed by atoms with Crippen molar-refractivity contribution in [2.45, 2.75) is 17.9 Å². The van der Waals surface area contributed by atoms with E-state index >= 15 is 0 Å². The highest BCUT2D eigenvalue weighted by atomic mass is 32.2. The number of rotatable bonds is 7. The molecule has 1 atom stereocenters. The fourth-order valence-electron chi connectivity index (χ4n) is 2.10. The Morgan fingerprint density at radius 1 is 0.826 bits per heavy atom. The van der Waals surface area contributed by atoms with Gasteiger partial charge in [0.15, 0.2) is 9.84 Å². The van der Waals surface area contributed by atoms with Crippen LogP contribution in [0.25, 0.3) is 0 Å². The summed E-state index contributed by atoms with van der Waals surface area (Å²) in [6.07, 6.45) is 0. The molecule has 0 aliphatic heterocycles. The monoisotopic (exact) mass is 353 g/mol. The van der Waals surface area contributed by atoms with Gasteiger partial charge in [0.25, 0.3) is 0 Å². The molecule has 0 bridgehead atoms. The van der Waals surface area contributed by atoms with Crippen LogP contribution in [0.2, 0.25) is 0 Å². The summed E-state index contributed by atoms with van der Waals surface area (Å²) in [5.41, 5.74) is 0.821. The first-order chi connectivity index (χ1) is 10.8. The van der Waals surface area contributed by atoms with Crippen LogP contribution in [0.3, 0.4) is 0 Å². The summed E-state index contributed by atoms with van der Waals surface area (Å²) in [5.74, 6) is -0.921. The first-order valence-electron chi connectivity index (χ1n) is 7.13. The number of sulfonamides is 1. The molecule has 2 aromatic rings. The van der Waals surface area contributed by atoms with Crippen LogP contribution >= 0.6 is 0 Å². The standard InChI is InChI=1S/C16H19NO4S2/c1-14(15-8-4-2-5-9-15)17-23(20,21)13-12-22(18,19)16-10-6-3-7-11-16/h2-11,14,17H,12-13H2,1H3/t14-/m0/s1. The van der Waals surface area contributed by atoms with Crippen molar-refractivity contribution in [3.05, 3.63) is 66.2 Å². The van der Waals surface area contributed by atoms with Crippen LogP contribution in [0.1, 0.15) is 18.5 Å². The molecule has 0 fully saturated rings. The maximum absolute atomic E-state index is 12.1. The van der Waals surface area contributed by atoms with Gasteiger partial charge < -0.3 is 0 Å². The smallest absolute Gasteiger partial charge is 0.213 e. The molecule has 0 aliphatic rings. The Bertz CT molecular complexity index is 832. The minimum Gasteiger partial charge on any atom is -0.224 e. The van der Waals surface area contributed by atoms with Crippen molar-refractivity contribution in [2.75, 3.05) is 11.5 Å². The average molecular weight is 353 g/mol. The second-order valence-corrected chi connectivity index (χ2v) is 9.18. The average Bonchev–Trinajstić information content (AvgIpc) is 2.54. The van der Waals surface area contributed by atoms with Gasteiger partial charge in [0, 0.05) is 6.04 Å². The van der Waals surface area contributed by atoms with Crippen molar-refractivity contribution in [3.8, 4) is 0 Å². The molecule has 0 saturated heterocycles. The number of hydrogen-bond acceptors (Lipinski definition) is 4. The highest BCUT2D eigenvalue weighted by molar-refractivity contribution is 7.94. The van der Waals surface area contributed by atoms with Gasteiger partial charge in [0.05, 0.1) is 16.4 Å². The number of sulfone groups is 1. The highest BCUT2D eigenvalue weighted by Gasteiger charge is 2.21. The molecule has 0 saturated carbocycles. The van der Waals surface area contributed by atoms with Crippen LogP contribution in [0.15, 0.2) is 65.6 Å². The maximum Gasteiger partial charge on any atom is 0.213 e. The molecule has 0 heterocycles. The number of hydrogen-bond donors (Lipinski definition) is 1. The number of benzene rings is 2. The van der Waals surface area contributed by atoms with E-state index in [4.69, 9.17) is 0 Å². The molecule has 0 aromatic heterocycles. The molecule has 2 rings (SSSR count). The molecule has 0 aliphatic carbocycles.